The molecule has 1 aliphatic carbocycles. The van der Waals surface area contributed by atoms with Gasteiger partial charge >= 0.3 is 0 Å². The van der Waals surface area contributed by atoms with Crippen LogP contribution in [0.1, 0.15) is 44.9 Å². The summed E-state index contributed by atoms with van der Waals surface area (Å²) in [5.74, 6) is 6.39. The molecule has 3 N–H and O–H groups in total. The maximum atomic E-state index is 5.60. The molecule has 3 heteroatoms. The number of hydrogen-bond donors (Lipinski definition) is 2. The lowest BCUT2D eigenvalue weighted by Gasteiger charge is -2.29. The zero-order valence-corrected chi connectivity index (χ0v) is 9.30. The number of hydrazine groups is 1. The first-order valence-corrected chi connectivity index (χ1v) is 5.83. The fourth-order valence-electron chi connectivity index (χ4n) is 2.44. The highest BCUT2D eigenvalue weighted by atomic mass is 16.5. The van der Waals surface area contributed by atoms with Crippen molar-refractivity contribution in [1.82, 2.24) is 5.43 Å². The number of nitrogens with one attached hydrogen (secondary N) is 1. The zero-order valence-electron chi connectivity index (χ0n) is 9.30. The Morgan fingerprint density at radius 2 is 2.07 bits per heavy atom. The molecule has 1 fully saturated rings. The highest BCUT2D eigenvalue weighted by molar-refractivity contribution is 4.77. The molecule has 0 saturated heterocycles. The average molecular weight is 200 g/mol. The van der Waals surface area contributed by atoms with Gasteiger partial charge in [-0.2, -0.15) is 0 Å². The van der Waals surface area contributed by atoms with Crippen LogP contribution in [0.3, 0.4) is 0 Å². The van der Waals surface area contributed by atoms with Gasteiger partial charge in [-0.05, 0) is 31.6 Å². The predicted octanol–water partition coefficient (Wildman–Crippen LogP) is 1.83. The van der Waals surface area contributed by atoms with E-state index < -0.39 is 0 Å². The van der Waals surface area contributed by atoms with E-state index in [1.165, 1.54) is 32.1 Å². The third kappa shape index (κ3) is 3.95. The summed E-state index contributed by atoms with van der Waals surface area (Å²) in [5, 5.41) is 0. The monoisotopic (exact) mass is 200 g/mol. The summed E-state index contributed by atoms with van der Waals surface area (Å²) < 4.78 is 5.06. The zero-order chi connectivity index (χ0) is 10.2. The number of rotatable bonds is 6. The van der Waals surface area contributed by atoms with Crippen molar-refractivity contribution in [2.45, 2.75) is 51.0 Å². The van der Waals surface area contributed by atoms with Crippen molar-refractivity contribution >= 4 is 0 Å². The molecule has 3 nitrogen and oxygen atoms in total. The van der Waals surface area contributed by atoms with Gasteiger partial charge in [-0.1, -0.05) is 19.3 Å². The van der Waals surface area contributed by atoms with Crippen LogP contribution >= 0.6 is 0 Å². The standard InChI is InChI=1S/C11H24N2O/c1-14-9-5-8-11(13-12)10-6-3-2-4-7-10/h10-11,13H,2-9,12H2,1H3. The highest BCUT2D eigenvalue weighted by Crippen LogP contribution is 2.27. The molecule has 0 aromatic heterocycles. The summed E-state index contributed by atoms with van der Waals surface area (Å²) in [6, 6.07) is 0.505. The molecule has 1 unspecified atom stereocenters. The normalized spacial score (nSPS) is 21.0. The Bertz CT molecular complexity index is 135. The second-order valence-electron chi connectivity index (χ2n) is 4.31. The van der Waals surface area contributed by atoms with Gasteiger partial charge in [0.15, 0.2) is 0 Å². The van der Waals surface area contributed by atoms with Crippen LogP contribution in [0.25, 0.3) is 0 Å². The molecule has 0 radical (unpaired) electrons. The maximum Gasteiger partial charge on any atom is 0.0462 e. The summed E-state index contributed by atoms with van der Waals surface area (Å²) in [6.07, 6.45) is 9.13. The molecule has 14 heavy (non-hydrogen) atoms. The largest absolute Gasteiger partial charge is 0.385 e. The van der Waals surface area contributed by atoms with Gasteiger partial charge in [-0.15, -0.1) is 0 Å². The first kappa shape index (κ1) is 12.0. The lowest BCUT2D eigenvalue weighted by molar-refractivity contribution is 0.177. The van der Waals surface area contributed by atoms with Crippen molar-refractivity contribution in [3.8, 4) is 0 Å². The van der Waals surface area contributed by atoms with Crippen LogP contribution in [-0.2, 0) is 4.74 Å². The van der Waals surface area contributed by atoms with E-state index in [0.717, 1.165) is 25.4 Å². The van der Waals surface area contributed by atoms with Crippen molar-refractivity contribution in [3.05, 3.63) is 0 Å². The van der Waals surface area contributed by atoms with Crippen LogP contribution in [0.15, 0.2) is 0 Å². The van der Waals surface area contributed by atoms with Crippen molar-refractivity contribution in [1.29, 1.82) is 0 Å². The molecule has 0 aromatic carbocycles. The van der Waals surface area contributed by atoms with Gasteiger partial charge in [0.2, 0.25) is 0 Å². The topological polar surface area (TPSA) is 47.3 Å². The van der Waals surface area contributed by atoms with E-state index in [-0.39, 0.29) is 0 Å². The van der Waals surface area contributed by atoms with E-state index in [1.807, 2.05) is 0 Å². The van der Waals surface area contributed by atoms with Crippen molar-refractivity contribution in [3.63, 3.8) is 0 Å². The first-order chi connectivity index (χ1) is 6.88. The minimum absolute atomic E-state index is 0.505. The van der Waals surface area contributed by atoms with E-state index in [0.29, 0.717) is 6.04 Å². The molecule has 0 bridgehead atoms. The van der Waals surface area contributed by atoms with Gasteiger partial charge < -0.3 is 4.74 Å². The van der Waals surface area contributed by atoms with Crippen molar-refractivity contribution < 1.29 is 4.74 Å². The Balaban J connectivity index is 2.21. The molecule has 1 saturated carbocycles. The summed E-state index contributed by atoms with van der Waals surface area (Å²) in [7, 11) is 1.76. The van der Waals surface area contributed by atoms with E-state index in [2.05, 4.69) is 5.43 Å². The molecule has 0 aliphatic heterocycles. The molecule has 1 atom stereocenters. The van der Waals surface area contributed by atoms with Crippen LogP contribution in [0.2, 0.25) is 0 Å². The van der Waals surface area contributed by atoms with Crippen LogP contribution in [-0.4, -0.2) is 19.8 Å². The highest BCUT2D eigenvalue weighted by Gasteiger charge is 2.21. The molecule has 0 heterocycles. The molecule has 84 valence electrons. The Morgan fingerprint density at radius 1 is 1.36 bits per heavy atom. The average Bonchev–Trinajstić information content (AvgIpc) is 2.26. The third-order valence-electron chi connectivity index (χ3n) is 3.30. The molecular weight excluding hydrogens is 176 g/mol. The number of methoxy groups -OCH3 is 1. The van der Waals surface area contributed by atoms with Crippen molar-refractivity contribution in [2.24, 2.45) is 11.8 Å². The lowest BCUT2D eigenvalue weighted by atomic mass is 9.82. The van der Waals surface area contributed by atoms with Gasteiger partial charge in [-0.25, -0.2) is 0 Å². The number of hydrogen-bond acceptors (Lipinski definition) is 3. The second-order valence-corrected chi connectivity index (χ2v) is 4.31. The van der Waals surface area contributed by atoms with Crippen LogP contribution in [0, 0.1) is 5.92 Å². The fraction of sp³-hybridized carbons (Fsp3) is 1.00. The molecule has 0 aromatic rings. The van der Waals surface area contributed by atoms with Gasteiger partial charge in [0.25, 0.3) is 0 Å². The molecule has 1 rings (SSSR count). The number of nitrogens with two attached hydrogens (primary N) is 1. The number of ether oxygens (including phenoxy) is 1. The Morgan fingerprint density at radius 3 is 2.64 bits per heavy atom. The third-order valence-corrected chi connectivity index (χ3v) is 3.30. The molecule has 1 aliphatic rings. The van der Waals surface area contributed by atoms with Gasteiger partial charge in [0, 0.05) is 19.8 Å². The molecular formula is C11H24N2O. The van der Waals surface area contributed by atoms with Gasteiger partial charge in [-0.3, -0.25) is 11.3 Å². The van der Waals surface area contributed by atoms with E-state index in [4.69, 9.17) is 10.6 Å². The quantitative estimate of drug-likeness (QED) is 0.390. The Labute approximate surface area is 87.4 Å². The van der Waals surface area contributed by atoms with Crippen LogP contribution in [0.5, 0.6) is 0 Å². The van der Waals surface area contributed by atoms with E-state index in [1.54, 1.807) is 7.11 Å². The second kappa shape index (κ2) is 7.21. The summed E-state index contributed by atoms with van der Waals surface area (Å²) >= 11 is 0. The molecule has 0 amide bonds. The van der Waals surface area contributed by atoms with E-state index in [9.17, 15) is 0 Å². The van der Waals surface area contributed by atoms with Crippen LogP contribution < -0.4 is 11.3 Å². The van der Waals surface area contributed by atoms with Crippen LogP contribution in [0.4, 0.5) is 0 Å². The van der Waals surface area contributed by atoms with Gasteiger partial charge in [0.1, 0.15) is 0 Å². The lowest BCUT2D eigenvalue weighted by Crippen LogP contribution is -2.41. The van der Waals surface area contributed by atoms with Gasteiger partial charge in [0.05, 0.1) is 0 Å². The minimum atomic E-state index is 0.505. The van der Waals surface area contributed by atoms with Crippen molar-refractivity contribution in [2.75, 3.05) is 13.7 Å². The SMILES string of the molecule is COCCCC(NN)C1CCCCC1. The molecule has 0 spiro atoms. The minimum Gasteiger partial charge on any atom is -0.385 e. The first-order valence-electron chi connectivity index (χ1n) is 5.83. The summed E-state index contributed by atoms with van der Waals surface area (Å²) in [6.45, 7) is 0.852. The Hall–Kier alpha value is -0.120. The Kier molecular flexibility index (Phi) is 6.15. The maximum absolute atomic E-state index is 5.60. The fourth-order valence-corrected chi connectivity index (χ4v) is 2.44. The predicted molar refractivity (Wildman–Crippen MR) is 58.8 cm³/mol. The summed E-state index contributed by atoms with van der Waals surface area (Å²) in [4.78, 5) is 0. The van der Waals surface area contributed by atoms with E-state index >= 15 is 0 Å². The summed E-state index contributed by atoms with van der Waals surface area (Å²) in [5.41, 5.74) is 2.98. The smallest absolute Gasteiger partial charge is 0.0462 e.